The lowest BCUT2D eigenvalue weighted by Crippen LogP contribution is -2.44. The molecule has 1 aliphatic heterocycles. The van der Waals surface area contributed by atoms with Gasteiger partial charge < -0.3 is 19.7 Å². The SMILES string of the molecule is CCCCCOc1ccc(C(=O)NC2CCN(c3ccc(OC)cc3)CC2)cc1. The van der Waals surface area contributed by atoms with Crippen LogP contribution in [0.2, 0.25) is 0 Å². The van der Waals surface area contributed by atoms with Crippen molar-refractivity contribution in [3.63, 3.8) is 0 Å². The number of benzene rings is 2. The molecule has 0 aromatic heterocycles. The molecular formula is C24H32N2O3. The van der Waals surface area contributed by atoms with E-state index >= 15 is 0 Å². The number of carbonyl (C=O) groups is 1. The fourth-order valence-electron chi connectivity index (χ4n) is 3.59. The molecule has 1 aliphatic rings. The van der Waals surface area contributed by atoms with Crippen molar-refractivity contribution in [2.75, 3.05) is 31.7 Å². The number of amides is 1. The third kappa shape index (κ3) is 6.14. The molecule has 1 saturated heterocycles. The minimum Gasteiger partial charge on any atom is -0.497 e. The lowest BCUT2D eigenvalue weighted by molar-refractivity contribution is 0.0931. The number of ether oxygens (including phenoxy) is 2. The summed E-state index contributed by atoms with van der Waals surface area (Å²) in [5.74, 6) is 1.68. The Kier molecular flexibility index (Phi) is 7.79. The topological polar surface area (TPSA) is 50.8 Å². The number of piperidine rings is 1. The average molecular weight is 397 g/mol. The third-order valence-electron chi connectivity index (χ3n) is 5.40. The molecule has 0 saturated carbocycles. The summed E-state index contributed by atoms with van der Waals surface area (Å²) in [6.45, 7) is 4.77. The number of nitrogens with one attached hydrogen (secondary N) is 1. The monoisotopic (exact) mass is 396 g/mol. The Morgan fingerprint density at radius 1 is 1.00 bits per heavy atom. The van der Waals surface area contributed by atoms with Gasteiger partial charge in [0.05, 0.1) is 13.7 Å². The molecule has 0 atom stereocenters. The summed E-state index contributed by atoms with van der Waals surface area (Å²) in [6.07, 6.45) is 5.31. The second-order valence-corrected chi connectivity index (χ2v) is 7.51. The number of carbonyl (C=O) groups excluding carboxylic acids is 1. The van der Waals surface area contributed by atoms with Crippen LogP contribution < -0.4 is 19.7 Å². The van der Waals surface area contributed by atoms with Crippen molar-refractivity contribution in [3.05, 3.63) is 54.1 Å². The van der Waals surface area contributed by atoms with E-state index in [1.807, 2.05) is 36.4 Å². The van der Waals surface area contributed by atoms with E-state index < -0.39 is 0 Å². The molecule has 1 heterocycles. The highest BCUT2D eigenvalue weighted by atomic mass is 16.5. The number of methoxy groups -OCH3 is 1. The van der Waals surface area contributed by atoms with Crippen LogP contribution in [-0.4, -0.2) is 38.8 Å². The van der Waals surface area contributed by atoms with Crippen LogP contribution in [0.15, 0.2) is 48.5 Å². The molecule has 156 valence electrons. The fraction of sp³-hybridized carbons (Fsp3) is 0.458. The van der Waals surface area contributed by atoms with E-state index in [1.54, 1.807) is 7.11 Å². The van der Waals surface area contributed by atoms with Gasteiger partial charge in [0.2, 0.25) is 0 Å². The van der Waals surface area contributed by atoms with Gasteiger partial charge in [-0.1, -0.05) is 19.8 Å². The van der Waals surface area contributed by atoms with Gasteiger partial charge in [-0.3, -0.25) is 4.79 Å². The van der Waals surface area contributed by atoms with Gasteiger partial charge in [-0.15, -0.1) is 0 Å². The number of unbranched alkanes of at least 4 members (excludes halogenated alkanes) is 2. The Bertz CT molecular complexity index is 751. The Morgan fingerprint density at radius 2 is 1.66 bits per heavy atom. The van der Waals surface area contributed by atoms with Crippen LogP contribution in [-0.2, 0) is 0 Å². The summed E-state index contributed by atoms with van der Waals surface area (Å²) in [5, 5.41) is 3.18. The van der Waals surface area contributed by atoms with Gasteiger partial charge in [-0.25, -0.2) is 0 Å². The Labute approximate surface area is 174 Å². The zero-order valence-corrected chi connectivity index (χ0v) is 17.5. The molecule has 1 N–H and O–H groups in total. The van der Waals surface area contributed by atoms with E-state index in [2.05, 4.69) is 29.3 Å². The maximum atomic E-state index is 12.6. The molecule has 0 bridgehead atoms. The van der Waals surface area contributed by atoms with Crippen LogP contribution in [0.4, 0.5) is 5.69 Å². The predicted octanol–water partition coefficient (Wildman–Crippen LogP) is 4.66. The number of hydrogen-bond donors (Lipinski definition) is 1. The van der Waals surface area contributed by atoms with Crippen molar-refractivity contribution in [2.45, 2.75) is 45.1 Å². The van der Waals surface area contributed by atoms with Gasteiger partial charge in [-0.2, -0.15) is 0 Å². The van der Waals surface area contributed by atoms with E-state index in [0.717, 1.165) is 50.5 Å². The molecule has 1 amide bonds. The van der Waals surface area contributed by atoms with Crippen LogP contribution in [0.25, 0.3) is 0 Å². The molecule has 2 aromatic carbocycles. The summed E-state index contributed by atoms with van der Waals surface area (Å²) in [5.41, 5.74) is 1.88. The van der Waals surface area contributed by atoms with Crippen LogP contribution >= 0.6 is 0 Å². The van der Waals surface area contributed by atoms with E-state index in [0.29, 0.717) is 5.56 Å². The van der Waals surface area contributed by atoms with Crippen LogP contribution in [0.1, 0.15) is 49.4 Å². The minimum atomic E-state index is -0.00886. The Balaban J connectivity index is 1.44. The maximum absolute atomic E-state index is 12.6. The summed E-state index contributed by atoms with van der Waals surface area (Å²) in [4.78, 5) is 14.9. The van der Waals surface area contributed by atoms with Crippen LogP contribution in [0.3, 0.4) is 0 Å². The lowest BCUT2D eigenvalue weighted by atomic mass is 10.0. The highest BCUT2D eigenvalue weighted by molar-refractivity contribution is 5.94. The molecule has 0 radical (unpaired) electrons. The molecule has 2 aromatic rings. The number of anilines is 1. The zero-order valence-electron chi connectivity index (χ0n) is 17.5. The summed E-state index contributed by atoms with van der Waals surface area (Å²) in [7, 11) is 1.68. The fourth-order valence-corrected chi connectivity index (χ4v) is 3.59. The Morgan fingerprint density at radius 3 is 2.28 bits per heavy atom. The van der Waals surface area contributed by atoms with Crippen LogP contribution in [0, 0.1) is 0 Å². The molecule has 0 spiro atoms. The van der Waals surface area contributed by atoms with Crippen molar-refractivity contribution in [1.82, 2.24) is 5.32 Å². The first-order valence-corrected chi connectivity index (χ1v) is 10.6. The van der Waals surface area contributed by atoms with Crippen molar-refractivity contribution in [3.8, 4) is 11.5 Å². The first kappa shape index (κ1) is 21.0. The zero-order chi connectivity index (χ0) is 20.5. The van der Waals surface area contributed by atoms with Gasteiger partial charge in [0.15, 0.2) is 0 Å². The van der Waals surface area contributed by atoms with Gasteiger partial charge >= 0.3 is 0 Å². The quantitative estimate of drug-likeness (QED) is 0.626. The van der Waals surface area contributed by atoms with Crippen molar-refractivity contribution in [2.24, 2.45) is 0 Å². The van der Waals surface area contributed by atoms with Crippen molar-refractivity contribution in [1.29, 1.82) is 0 Å². The highest BCUT2D eigenvalue weighted by Gasteiger charge is 2.21. The molecular weight excluding hydrogens is 364 g/mol. The molecule has 29 heavy (non-hydrogen) atoms. The standard InChI is InChI=1S/C24H32N2O3/c1-3-4-5-18-29-23-10-6-19(7-11-23)24(27)25-20-14-16-26(17-15-20)21-8-12-22(28-2)13-9-21/h6-13,20H,3-5,14-18H2,1-2H3,(H,25,27). The van der Waals surface area contributed by atoms with Gasteiger partial charge in [0, 0.05) is 30.4 Å². The van der Waals surface area contributed by atoms with Gasteiger partial charge in [0.25, 0.3) is 5.91 Å². The average Bonchev–Trinajstić information content (AvgIpc) is 2.78. The van der Waals surface area contributed by atoms with Crippen molar-refractivity contribution < 1.29 is 14.3 Å². The number of rotatable bonds is 9. The molecule has 5 heteroatoms. The minimum absolute atomic E-state index is 0.00886. The smallest absolute Gasteiger partial charge is 0.251 e. The Hall–Kier alpha value is -2.69. The third-order valence-corrected chi connectivity index (χ3v) is 5.40. The van der Waals surface area contributed by atoms with E-state index in [-0.39, 0.29) is 11.9 Å². The summed E-state index contributed by atoms with van der Waals surface area (Å²) < 4.78 is 10.9. The van der Waals surface area contributed by atoms with E-state index in [9.17, 15) is 4.79 Å². The van der Waals surface area contributed by atoms with Crippen LogP contribution in [0.5, 0.6) is 11.5 Å². The summed E-state index contributed by atoms with van der Waals surface area (Å²) >= 11 is 0. The molecule has 0 unspecified atom stereocenters. The molecule has 1 fully saturated rings. The predicted molar refractivity (Wildman–Crippen MR) is 117 cm³/mol. The normalized spacial score (nSPS) is 14.5. The van der Waals surface area contributed by atoms with Gasteiger partial charge in [-0.05, 0) is 67.8 Å². The molecule has 0 aliphatic carbocycles. The second-order valence-electron chi connectivity index (χ2n) is 7.51. The lowest BCUT2D eigenvalue weighted by Gasteiger charge is -2.34. The maximum Gasteiger partial charge on any atom is 0.251 e. The first-order chi connectivity index (χ1) is 14.2. The molecule has 3 rings (SSSR count). The summed E-state index contributed by atoms with van der Waals surface area (Å²) in [6, 6.07) is 15.8. The van der Waals surface area contributed by atoms with E-state index in [1.165, 1.54) is 18.5 Å². The number of hydrogen-bond acceptors (Lipinski definition) is 4. The molecule has 5 nitrogen and oxygen atoms in total. The van der Waals surface area contributed by atoms with Crippen molar-refractivity contribution >= 4 is 11.6 Å². The first-order valence-electron chi connectivity index (χ1n) is 10.6. The second kappa shape index (κ2) is 10.7. The van der Waals surface area contributed by atoms with E-state index in [4.69, 9.17) is 9.47 Å². The van der Waals surface area contributed by atoms with Gasteiger partial charge in [0.1, 0.15) is 11.5 Å². The number of nitrogens with zero attached hydrogens (tertiary/aromatic N) is 1. The highest BCUT2D eigenvalue weighted by Crippen LogP contribution is 2.23. The largest absolute Gasteiger partial charge is 0.497 e.